The molecule has 0 aromatic carbocycles. The maximum atomic E-state index is 12.1. The van der Waals surface area contributed by atoms with Gasteiger partial charge in [0.15, 0.2) is 5.82 Å². The Bertz CT molecular complexity index is 460. The summed E-state index contributed by atoms with van der Waals surface area (Å²) in [6, 6.07) is 0. The fourth-order valence-electron chi connectivity index (χ4n) is 2.80. The monoisotopic (exact) mass is 283 g/mol. The molecule has 5 heteroatoms. The second-order valence-electron chi connectivity index (χ2n) is 5.26. The van der Waals surface area contributed by atoms with Crippen molar-refractivity contribution in [2.24, 2.45) is 11.8 Å². The molecule has 0 saturated heterocycles. The van der Waals surface area contributed by atoms with Gasteiger partial charge in [-0.3, -0.25) is 4.79 Å². The van der Waals surface area contributed by atoms with Crippen LogP contribution in [0.2, 0.25) is 0 Å². The number of alkyl halides is 1. The first-order valence-corrected chi connectivity index (χ1v) is 7.65. The van der Waals surface area contributed by atoms with E-state index in [9.17, 15) is 4.79 Å². The van der Waals surface area contributed by atoms with Gasteiger partial charge in [-0.1, -0.05) is 13.3 Å². The number of aromatic nitrogens is 2. The molecular weight excluding hydrogens is 262 g/mol. The van der Waals surface area contributed by atoms with E-state index in [0.29, 0.717) is 23.5 Å². The summed E-state index contributed by atoms with van der Waals surface area (Å²) in [4.78, 5) is 16.3. The third-order valence-corrected chi connectivity index (χ3v) is 4.32. The van der Waals surface area contributed by atoms with E-state index in [1.165, 1.54) is 19.3 Å². The summed E-state index contributed by atoms with van der Waals surface area (Å²) in [6.07, 6.45) is 8.02. The summed E-state index contributed by atoms with van der Waals surface area (Å²) in [5.74, 6) is 2.33. The first-order valence-electron chi connectivity index (χ1n) is 7.11. The van der Waals surface area contributed by atoms with Gasteiger partial charge < -0.3 is 9.88 Å². The molecule has 2 unspecified atom stereocenters. The molecule has 2 atom stereocenters. The lowest BCUT2D eigenvalue weighted by Gasteiger charge is -2.18. The third kappa shape index (κ3) is 3.50. The van der Waals surface area contributed by atoms with Gasteiger partial charge in [-0.15, -0.1) is 11.6 Å². The van der Waals surface area contributed by atoms with Crippen LogP contribution in [0, 0.1) is 11.8 Å². The largest absolute Gasteiger partial charge is 0.365 e. The highest BCUT2D eigenvalue weighted by atomic mass is 35.5. The maximum Gasteiger partial charge on any atom is 0.293 e. The van der Waals surface area contributed by atoms with Crippen LogP contribution in [-0.4, -0.2) is 22.0 Å². The second-order valence-corrected chi connectivity index (χ2v) is 5.57. The molecule has 1 saturated carbocycles. The molecule has 106 valence electrons. The van der Waals surface area contributed by atoms with Crippen molar-refractivity contribution in [2.45, 2.75) is 39.2 Å². The average Bonchev–Trinajstić information content (AvgIpc) is 2.87. The molecule has 1 fully saturated rings. The van der Waals surface area contributed by atoms with Crippen LogP contribution in [0.1, 0.15) is 32.6 Å². The number of rotatable bonds is 6. The molecule has 1 heterocycles. The fraction of sp³-hybridized carbons (Fsp3) is 0.714. The summed E-state index contributed by atoms with van der Waals surface area (Å²) in [7, 11) is 0. The molecule has 0 radical (unpaired) electrons. The van der Waals surface area contributed by atoms with E-state index in [4.69, 9.17) is 11.6 Å². The molecule has 2 rings (SSSR count). The van der Waals surface area contributed by atoms with Gasteiger partial charge in [0.05, 0.1) is 0 Å². The summed E-state index contributed by atoms with van der Waals surface area (Å²) < 4.78 is 1.71. The number of anilines is 1. The molecule has 1 aliphatic rings. The minimum atomic E-state index is -0.0234. The molecule has 1 aliphatic carbocycles. The van der Waals surface area contributed by atoms with Gasteiger partial charge in [-0.25, -0.2) is 4.98 Å². The summed E-state index contributed by atoms with van der Waals surface area (Å²) >= 11 is 5.97. The first-order chi connectivity index (χ1) is 9.26. The molecule has 1 aromatic rings. The third-order valence-electron chi connectivity index (χ3n) is 3.92. The zero-order valence-corrected chi connectivity index (χ0v) is 12.2. The van der Waals surface area contributed by atoms with Gasteiger partial charge in [0.25, 0.3) is 5.56 Å². The van der Waals surface area contributed by atoms with Crippen LogP contribution in [0.5, 0.6) is 0 Å². The van der Waals surface area contributed by atoms with E-state index in [2.05, 4.69) is 17.2 Å². The lowest BCUT2D eigenvalue weighted by Crippen LogP contribution is -2.27. The lowest BCUT2D eigenvalue weighted by atomic mass is 9.98. The zero-order chi connectivity index (χ0) is 13.7. The van der Waals surface area contributed by atoms with Crippen molar-refractivity contribution in [1.82, 2.24) is 9.55 Å². The molecule has 0 aliphatic heterocycles. The van der Waals surface area contributed by atoms with Crippen LogP contribution < -0.4 is 10.9 Å². The lowest BCUT2D eigenvalue weighted by molar-refractivity contribution is 0.443. The molecule has 0 amide bonds. The van der Waals surface area contributed by atoms with Crippen molar-refractivity contribution in [1.29, 1.82) is 0 Å². The Labute approximate surface area is 119 Å². The zero-order valence-electron chi connectivity index (χ0n) is 11.4. The van der Waals surface area contributed by atoms with Crippen LogP contribution in [0.15, 0.2) is 17.2 Å². The van der Waals surface area contributed by atoms with E-state index in [-0.39, 0.29) is 5.56 Å². The predicted octanol–water partition coefficient (Wildman–Crippen LogP) is 2.72. The molecule has 0 spiro atoms. The van der Waals surface area contributed by atoms with Gasteiger partial charge in [0.2, 0.25) is 0 Å². The number of hydrogen-bond acceptors (Lipinski definition) is 3. The van der Waals surface area contributed by atoms with Crippen LogP contribution >= 0.6 is 11.6 Å². The van der Waals surface area contributed by atoms with Gasteiger partial charge >= 0.3 is 0 Å². The predicted molar refractivity (Wildman–Crippen MR) is 78.8 cm³/mol. The minimum absolute atomic E-state index is 0.0234. The number of aryl methyl sites for hydroxylation is 1. The van der Waals surface area contributed by atoms with Crippen LogP contribution in [0.3, 0.4) is 0 Å². The normalized spacial score (nSPS) is 22.6. The van der Waals surface area contributed by atoms with Crippen LogP contribution in [-0.2, 0) is 6.54 Å². The fourth-order valence-corrected chi connectivity index (χ4v) is 3.21. The van der Waals surface area contributed by atoms with E-state index in [1.54, 1.807) is 17.0 Å². The highest BCUT2D eigenvalue weighted by molar-refractivity contribution is 6.18. The van der Waals surface area contributed by atoms with Crippen molar-refractivity contribution in [2.75, 3.05) is 17.7 Å². The summed E-state index contributed by atoms with van der Waals surface area (Å²) in [6.45, 7) is 3.60. The number of nitrogens with one attached hydrogen (secondary N) is 1. The Morgan fingerprint density at radius 3 is 3.00 bits per heavy atom. The summed E-state index contributed by atoms with van der Waals surface area (Å²) in [5.41, 5.74) is -0.0234. The Balaban J connectivity index is 1.99. The highest BCUT2D eigenvalue weighted by Gasteiger charge is 2.26. The number of nitrogens with zero attached hydrogens (tertiary/aromatic N) is 2. The van der Waals surface area contributed by atoms with E-state index < -0.39 is 0 Å². The maximum absolute atomic E-state index is 12.1. The van der Waals surface area contributed by atoms with Gasteiger partial charge in [-0.05, 0) is 31.1 Å². The van der Waals surface area contributed by atoms with Crippen molar-refractivity contribution < 1.29 is 0 Å². The highest BCUT2D eigenvalue weighted by Crippen LogP contribution is 2.32. The first kappa shape index (κ1) is 14.4. The molecular formula is C14H22ClN3O. The quantitative estimate of drug-likeness (QED) is 0.817. The molecule has 19 heavy (non-hydrogen) atoms. The van der Waals surface area contributed by atoms with Gasteiger partial charge in [0.1, 0.15) is 0 Å². The number of halogens is 1. The standard InChI is InChI=1S/C14H22ClN3O/c1-2-7-18-8-6-16-13(14(18)19)17-10-12-5-3-4-11(12)9-15/h6,8,11-12H,2-5,7,9-10H2,1H3,(H,16,17). The molecule has 1 aromatic heterocycles. The average molecular weight is 284 g/mol. The van der Waals surface area contributed by atoms with Crippen molar-refractivity contribution >= 4 is 17.4 Å². The van der Waals surface area contributed by atoms with Gasteiger partial charge in [-0.2, -0.15) is 0 Å². The van der Waals surface area contributed by atoms with Gasteiger partial charge in [0, 0.05) is 31.4 Å². The van der Waals surface area contributed by atoms with Crippen molar-refractivity contribution in [3.63, 3.8) is 0 Å². The Kier molecular flexibility index (Phi) is 5.25. The van der Waals surface area contributed by atoms with E-state index in [1.807, 2.05) is 0 Å². The van der Waals surface area contributed by atoms with E-state index >= 15 is 0 Å². The Hall–Kier alpha value is -1.03. The SMILES string of the molecule is CCCn1ccnc(NCC2CCCC2CCl)c1=O. The summed E-state index contributed by atoms with van der Waals surface area (Å²) in [5, 5.41) is 3.21. The number of hydrogen-bond donors (Lipinski definition) is 1. The van der Waals surface area contributed by atoms with Crippen molar-refractivity contribution in [3.05, 3.63) is 22.7 Å². The minimum Gasteiger partial charge on any atom is -0.365 e. The Morgan fingerprint density at radius 2 is 2.26 bits per heavy atom. The van der Waals surface area contributed by atoms with Crippen LogP contribution in [0.4, 0.5) is 5.82 Å². The molecule has 4 nitrogen and oxygen atoms in total. The molecule has 0 bridgehead atoms. The van der Waals surface area contributed by atoms with Crippen LogP contribution in [0.25, 0.3) is 0 Å². The van der Waals surface area contributed by atoms with E-state index in [0.717, 1.165) is 19.5 Å². The Morgan fingerprint density at radius 1 is 1.47 bits per heavy atom. The molecule has 1 N–H and O–H groups in total. The van der Waals surface area contributed by atoms with Crippen molar-refractivity contribution in [3.8, 4) is 0 Å². The topological polar surface area (TPSA) is 46.9 Å². The second kappa shape index (κ2) is 6.94. The smallest absolute Gasteiger partial charge is 0.293 e.